The number of nitrogens with two attached hydrogens (primary N) is 1. The summed E-state index contributed by atoms with van der Waals surface area (Å²) in [6.07, 6.45) is 1.83. The van der Waals surface area contributed by atoms with E-state index in [1.807, 2.05) is 12.1 Å². The van der Waals surface area contributed by atoms with E-state index in [9.17, 15) is 9.59 Å². The second kappa shape index (κ2) is 8.05. The molecule has 1 atom stereocenters. The number of pyridine rings is 1. The molecule has 0 aliphatic heterocycles. The lowest BCUT2D eigenvalue weighted by Gasteiger charge is -2.17. The molecule has 3 N–H and O–H groups in total. The van der Waals surface area contributed by atoms with Gasteiger partial charge in [0.1, 0.15) is 11.8 Å². The number of primary amides is 1. The molecule has 0 aliphatic carbocycles. The van der Waals surface area contributed by atoms with Crippen LogP contribution in [0.15, 0.2) is 54.7 Å². The van der Waals surface area contributed by atoms with E-state index in [-0.39, 0.29) is 6.42 Å². The Morgan fingerprint density at radius 1 is 1.22 bits per heavy atom. The molecular formula is C20H18ClN3O3. The normalized spacial score (nSPS) is 11.8. The van der Waals surface area contributed by atoms with Crippen molar-refractivity contribution in [3.05, 3.63) is 70.9 Å². The Hall–Kier alpha value is -3.12. The first-order valence-electron chi connectivity index (χ1n) is 8.26. The molecule has 0 bridgehead atoms. The molecule has 6 nitrogen and oxygen atoms in total. The maximum Gasteiger partial charge on any atom is 0.254 e. The first-order chi connectivity index (χ1) is 13.0. The molecule has 0 radical (unpaired) electrons. The van der Waals surface area contributed by atoms with Crippen LogP contribution in [0.3, 0.4) is 0 Å². The van der Waals surface area contributed by atoms with Gasteiger partial charge >= 0.3 is 0 Å². The molecule has 0 unspecified atom stereocenters. The number of methoxy groups -OCH3 is 1. The van der Waals surface area contributed by atoms with Gasteiger partial charge in [0, 0.05) is 18.0 Å². The van der Waals surface area contributed by atoms with E-state index >= 15 is 0 Å². The van der Waals surface area contributed by atoms with E-state index in [4.69, 9.17) is 22.1 Å². The predicted octanol–water partition coefficient (Wildman–Crippen LogP) is 2.72. The Balaban J connectivity index is 1.83. The Morgan fingerprint density at radius 3 is 2.70 bits per heavy atom. The van der Waals surface area contributed by atoms with Gasteiger partial charge in [-0.05, 0) is 29.8 Å². The van der Waals surface area contributed by atoms with Crippen LogP contribution in [0.1, 0.15) is 15.9 Å². The molecule has 7 heteroatoms. The number of nitrogens with zero attached hydrogens (tertiary/aromatic N) is 1. The van der Waals surface area contributed by atoms with Crippen LogP contribution in [-0.4, -0.2) is 29.9 Å². The molecule has 0 saturated carbocycles. The third kappa shape index (κ3) is 4.17. The fourth-order valence-corrected chi connectivity index (χ4v) is 3.10. The average Bonchev–Trinajstić information content (AvgIpc) is 2.67. The first kappa shape index (κ1) is 18.7. The maximum absolute atomic E-state index is 12.7. The van der Waals surface area contributed by atoms with E-state index in [2.05, 4.69) is 10.3 Å². The lowest BCUT2D eigenvalue weighted by molar-refractivity contribution is -0.119. The minimum atomic E-state index is -0.888. The summed E-state index contributed by atoms with van der Waals surface area (Å²) in [5, 5.41) is 3.95. The van der Waals surface area contributed by atoms with Crippen LogP contribution in [0, 0.1) is 0 Å². The molecule has 2 amide bonds. The second-order valence-electron chi connectivity index (χ2n) is 5.98. The maximum atomic E-state index is 12.7. The molecule has 0 fully saturated rings. The van der Waals surface area contributed by atoms with Crippen LogP contribution in [0.5, 0.6) is 5.75 Å². The number of benzene rings is 2. The zero-order valence-corrected chi connectivity index (χ0v) is 15.4. The van der Waals surface area contributed by atoms with Crippen LogP contribution >= 0.6 is 11.6 Å². The van der Waals surface area contributed by atoms with Gasteiger partial charge in [0.25, 0.3) is 5.91 Å². The zero-order valence-electron chi connectivity index (χ0n) is 14.6. The van der Waals surface area contributed by atoms with E-state index < -0.39 is 17.9 Å². The highest BCUT2D eigenvalue weighted by atomic mass is 35.5. The number of hydrogen-bond donors (Lipinski definition) is 2. The van der Waals surface area contributed by atoms with Gasteiger partial charge in [-0.2, -0.15) is 0 Å². The summed E-state index contributed by atoms with van der Waals surface area (Å²) in [6, 6.07) is 13.2. The number of amides is 2. The van der Waals surface area contributed by atoms with E-state index in [0.29, 0.717) is 21.9 Å². The van der Waals surface area contributed by atoms with Gasteiger partial charge in [-0.15, -0.1) is 0 Å². The summed E-state index contributed by atoms with van der Waals surface area (Å²) in [5.41, 5.74) is 7.19. The van der Waals surface area contributed by atoms with Crippen LogP contribution in [0.2, 0.25) is 5.02 Å². The minimum absolute atomic E-state index is 0.211. The van der Waals surface area contributed by atoms with Crippen LogP contribution in [0.25, 0.3) is 10.9 Å². The van der Waals surface area contributed by atoms with Crippen molar-refractivity contribution in [2.45, 2.75) is 12.5 Å². The van der Waals surface area contributed by atoms with Crippen molar-refractivity contribution in [3.63, 3.8) is 0 Å². The van der Waals surface area contributed by atoms with E-state index in [1.54, 1.807) is 42.6 Å². The van der Waals surface area contributed by atoms with Gasteiger partial charge in [0.05, 0.1) is 23.2 Å². The summed E-state index contributed by atoms with van der Waals surface area (Å²) >= 11 is 6.12. The standard InChI is InChI=1S/C20H18ClN3O3/c1-27-17-8-7-12(10-15(17)21)11-16(19(22)25)24-20(26)14-6-2-4-13-5-3-9-23-18(13)14/h2-10,16H,11H2,1H3,(H2,22,25)(H,24,26)/t16-/m0/s1. The summed E-state index contributed by atoms with van der Waals surface area (Å²) in [6.45, 7) is 0. The molecule has 3 aromatic rings. The smallest absolute Gasteiger partial charge is 0.254 e. The molecule has 2 aromatic carbocycles. The molecule has 0 spiro atoms. The number of fused-ring (bicyclic) bond motifs is 1. The molecule has 138 valence electrons. The monoisotopic (exact) mass is 383 g/mol. The highest BCUT2D eigenvalue weighted by Gasteiger charge is 2.21. The number of rotatable bonds is 6. The van der Waals surface area contributed by atoms with Gasteiger partial charge in [-0.1, -0.05) is 35.9 Å². The molecule has 1 heterocycles. The number of carbonyl (C=O) groups is 2. The third-order valence-corrected chi connectivity index (χ3v) is 4.48. The van der Waals surface area contributed by atoms with E-state index in [1.165, 1.54) is 7.11 Å². The number of para-hydroxylation sites is 1. The van der Waals surface area contributed by atoms with Crippen LogP contribution in [-0.2, 0) is 11.2 Å². The number of aromatic nitrogens is 1. The number of hydrogen-bond acceptors (Lipinski definition) is 4. The number of carbonyl (C=O) groups excluding carboxylic acids is 2. The van der Waals surface area contributed by atoms with Gasteiger partial charge < -0.3 is 15.8 Å². The molecule has 0 aliphatic rings. The average molecular weight is 384 g/mol. The van der Waals surface area contributed by atoms with Crippen molar-refractivity contribution in [1.82, 2.24) is 10.3 Å². The Bertz CT molecular complexity index is 1000. The largest absolute Gasteiger partial charge is 0.495 e. The fraction of sp³-hybridized carbons (Fsp3) is 0.150. The Labute approximate surface area is 161 Å². The predicted molar refractivity (Wildman–Crippen MR) is 104 cm³/mol. The first-order valence-corrected chi connectivity index (χ1v) is 8.63. The lowest BCUT2D eigenvalue weighted by Crippen LogP contribution is -2.45. The molecule has 27 heavy (non-hydrogen) atoms. The SMILES string of the molecule is COc1ccc(C[C@H](NC(=O)c2cccc3cccnc23)C(N)=O)cc1Cl. The summed E-state index contributed by atoms with van der Waals surface area (Å²) in [4.78, 5) is 28.9. The quantitative estimate of drug-likeness (QED) is 0.684. The summed E-state index contributed by atoms with van der Waals surface area (Å²) < 4.78 is 5.12. The van der Waals surface area contributed by atoms with Gasteiger partial charge in [-0.3, -0.25) is 14.6 Å². The number of ether oxygens (including phenoxy) is 1. The lowest BCUT2D eigenvalue weighted by atomic mass is 10.0. The van der Waals surface area contributed by atoms with Crippen LogP contribution in [0.4, 0.5) is 0 Å². The second-order valence-corrected chi connectivity index (χ2v) is 6.39. The third-order valence-electron chi connectivity index (χ3n) is 4.18. The fourth-order valence-electron chi connectivity index (χ4n) is 2.82. The Kier molecular flexibility index (Phi) is 5.57. The minimum Gasteiger partial charge on any atom is -0.495 e. The molecule has 3 rings (SSSR count). The van der Waals surface area contributed by atoms with Gasteiger partial charge in [0.15, 0.2) is 0 Å². The van der Waals surface area contributed by atoms with Gasteiger partial charge in [0.2, 0.25) is 5.91 Å². The molecule has 0 saturated heterocycles. The Morgan fingerprint density at radius 2 is 2.00 bits per heavy atom. The van der Waals surface area contributed by atoms with Crippen LogP contribution < -0.4 is 15.8 Å². The topological polar surface area (TPSA) is 94.3 Å². The zero-order chi connectivity index (χ0) is 19.4. The van der Waals surface area contributed by atoms with Crippen molar-refractivity contribution in [3.8, 4) is 5.75 Å². The highest BCUT2D eigenvalue weighted by molar-refractivity contribution is 6.32. The van der Waals surface area contributed by atoms with Crippen molar-refractivity contribution in [2.24, 2.45) is 5.73 Å². The number of nitrogens with one attached hydrogen (secondary N) is 1. The van der Waals surface area contributed by atoms with E-state index in [0.717, 1.165) is 10.9 Å². The molecule has 1 aromatic heterocycles. The van der Waals surface area contributed by atoms with Gasteiger partial charge in [-0.25, -0.2) is 0 Å². The van der Waals surface area contributed by atoms with Crippen molar-refractivity contribution in [1.29, 1.82) is 0 Å². The number of halogens is 1. The van der Waals surface area contributed by atoms with Crippen molar-refractivity contribution < 1.29 is 14.3 Å². The van der Waals surface area contributed by atoms with Crippen molar-refractivity contribution >= 4 is 34.3 Å². The van der Waals surface area contributed by atoms with Crippen molar-refractivity contribution in [2.75, 3.05) is 7.11 Å². The highest BCUT2D eigenvalue weighted by Crippen LogP contribution is 2.25. The molecular weight excluding hydrogens is 366 g/mol. The summed E-state index contributed by atoms with van der Waals surface area (Å²) in [5.74, 6) is -0.520. The summed E-state index contributed by atoms with van der Waals surface area (Å²) in [7, 11) is 1.52.